The van der Waals surface area contributed by atoms with E-state index in [0.717, 1.165) is 0 Å². The third-order valence-corrected chi connectivity index (χ3v) is 3.93. The molecule has 7 heteroatoms. The zero-order valence-corrected chi connectivity index (χ0v) is 13.5. The Bertz CT molecular complexity index is 508. The van der Waals surface area contributed by atoms with Crippen LogP contribution in [0.2, 0.25) is 0 Å². The Kier molecular flexibility index (Phi) is 6.15. The van der Waals surface area contributed by atoms with Crippen molar-refractivity contribution in [1.82, 2.24) is 10.2 Å². The van der Waals surface area contributed by atoms with Crippen molar-refractivity contribution in [2.45, 2.75) is 18.9 Å². The highest BCUT2D eigenvalue weighted by atomic mass is 19.3. The van der Waals surface area contributed by atoms with Gasteiger partial charge in [-0.1, -0.05) is 6.07 Å². The molecule has 2 rings (SSSR count). The first-order valence-corrected chi connectivity index (χ1v) is 7.77. The number of piperazine rings is 1. The minimum atomic E-state index is -3.24. The van der Waals surface area contributed by atoms with Crippen LogP contribution in [0.3, 0.4) is 0 Å². The van der Waals surface area contributed by atoms with Crippen LogP contribution >= 0.6 is 0 Å². The van der Waals surface area contributed by atoms with Crippen molar-refractivity contribution in [2.75, 3.05) is 46.5 Å². The summed E-state index contributed by atoms with van der Waals surface area (Å²) in [4.78, 5) is 1.70. The van der Waals surface area contributed by atoms with Crippen molar-refractivity contribution in [3.05, 3.63) is 23.8 Å². The molecule has 1 aromatic rings. The number of benzene rings is 1. The molecule has 1 aliphatic heterocycles. The SMILES string of the molecule is CCOc1ccc([C@@H](N2CCNCC2)C(F)(F)CO)cc1OC. The largest absolute Gasteiger partial charge is 0.493 e. The molecule has 0 aliphatic carbocycles. The average molecular weight is 330 g/mol. The molecule has 1 aromatic carbocycles. The minimum absolute atomic E-state index is 0.409. The van der Waals surface area contributed by atoms with E-state index < -0.39 is 18.6 Å². The predicted octanol–water partition coefficient (Wildman–Crippen LogP) is 1.67. The van der Waals surface area contributed by atoms with Crippen molar-refractivity contribution in [3.8, 4) is 11.5 Å². The van der Waals surface area contributed by atoms with Crippen LogP contribution in [0.15, 0.2) is 18.2 Å². The van der Waals surface area contributed by atoms with Gasteiger partial charge in [0.05, 0.1) is 13.7 Å². The van der Waals surface area contributed by atoms with Crippen molar-refractivity contribution >= 4 is 0 Å². The van der Waals surface area contributed by atoms with E-state index >= 15 is 0 Å². The van der Waals surface area contributed by atoms with Gasteiger partial charge in [0.25, 0.3) is 5.92 Å². The molecule has 0 unspecified atom stereocenters. The molecule has 130 valence electrons. The van der Waals surface area contributed by atoms with Gasteiger partial charge in [-0.2, -0.15) is 0 Å². The molecular formula is C16H24F2N2O3. The van der Waals surface area contributed by atoms with Crippen LogP contribution in [0.5, 0.6) is 11.5 Å². The smallest absolute Gasteiger partial charge is 0.289 e. The number of halogens is 2. The Hall–Kier alpha value is -1.44. The van der Waals surface area contributed by atoms with Crippen LogP contribution in [0.1, 0.15) is 18.5 Å². The van der Waals surface area contributed by atoms with E-state index in [1.54, 1.807) is 23.1 Å². The number of methoxy groups -OCH3 is 1. The number of nitrogens with zero attached hydrogens (tertiary/aromatic N) is 1. The van der Waals surface area contributed by atoms with Crippen molar-refractivity contribution < 1.29 is 23.4 Å². The second-order valence-electron chi connectivity index (χ2n) is 5.45. The number of ether oxygens (including phenoxy) is 2. The van der Waals surface area contributed by atoms with E-state index in [1.807, 2.05) is 6.92 Å². The molecular weight excluding hydrogens is 306 g/mol. The lowest BCUT2D eigenvalue weighted by Crippen LogP contribution is -2.51. The fraction of sp³-hybridized carbons (Fsp3) is 0.625. The first-order valence-electron chi connectivity index (χ1n) is 7.77. The van der Waals surface area contributed by atoms with Crippen molar-refractivity contribution in [1.29, 1.82) is 0 Å². The standard InChI is InChI=1S/C16H24F2N2O3/c1-3-23-13-5-4-12(10-14(13)22-2)15(16(17,18)11-21)20-8-6-19-7-9-20/h4-5,10,15,19,21H,3,6-9,11H2,1-2H3/t15-/m1/s1. The molecule has 0 spiro atoms. The van der Waals surface area contributed by atoms with Gasteiger partial charge in [-0.25, -0.2) is 8.78 Å². The van der Waals surface area contributed by atoms with Gasteiger partial charge < -0.3 is 19.9 Å². The molecule has 0 radical (unpaired) electrons. The summed E-state index contributed by atoms with van der Waals surface area (Å²) in [6, 6.07) is 3.63. The molecule has 0 aromatic heterocycles. The van der Waals surface area contributed by atoms with E-state index in [-0.39, 0.29) is 0 Å². The number of alkyl halides is 2. The molecule has 5 nitrogen and oxygen atoms in total. The van der Waals surface area contributed by atoms with Gasteiger partial charge in [0.15, 0.2) is 11.5 Å². The number of nitrogens with one attached hydrogen (secondary N) is 1. The van der Waals surface area contributed by atoms with Gasteiger partial charge >= 0.3 is 0 Å². The summed E-state index contributed by atoms with van der Waals surface area (Å²) in [6.45, 7) is 3.39. The third kappa shape index (κ3) is 4.10. The maximum Gasteiger partial charge on any atom is 0.289 e. The van der Waals surface area contributed by atoms with Gasteiger partial charge in [-0.05, 0) is 24.6 Å². The number of hydrogen-bond donors (Lipinski definition) is 2. The van der Waals surface area contributed by atoms with E-state index in [0.29, 0.717) is 49.8 Å². The molecule has 23 heavy (non-hydrogen) atoms. The third-order valence-electron chi connectivity index (χ3n) is 3.93. The molecule has 1 saturated heterocycles. The Morgan fingerprint density at radius 3 is 2.57 bits per heavy atom. The molecule has 1 heterocycles. The Morgan fingerprint density at radius 1 is 1.30 bits per heavy atom. The molecule has 1 fully saturated rings. The maximum atomic E-state index is 14.4. The van der Waals surface area contributed by atoms with Gasteiger partial charge in [0.1, 0.15) is 12.6 Å². The highest BCUT2D eigenvalue weighted by Crippen LogP contribution is 2.39. The highest BCUT2D eigenvalue weighted by Gasteiger charge is 2.44. The maximum absolute atomic E-state index is 14.4. The lowest BCUT2D eigenvalue weighted by molar-refractivity contribution is -0.118. The minimum Gasteiger partial charge on any atom is -0.493 e. The topological polar surface area (TPSA) is 54.0 Å². The van der Waals surface area contributed by atoms with E-state index in [1.165, 1.54) is 7.11 Å². The Balaban J connectivity index is 2.38. The highest BCUT2D eigenvalue weighted by molar-refractivity contribution is 5.44. The van der Waals surface area contributed by atoms with Crippen LogP contribution in [0.4, 0.5) is 8.78 Å². The van der Waals surface area contributed by atoms with Crippen molar-refractivity contribution in [3.63, 3.8) is 0 Å². The van der Waals surface area contributed by atoms with Crippen LogP contribution in [0, 0.1) is 0 Å². The van der Waals surface area contributed by atoms with E-state index in [4.69, 9.17) is 9.47 Å². The lowest BCUT2D eigenvalue weighted by atomic mass is 9.97. The molecule has 0 amide bonds. The Morgan fingerprint density at radius 2 is 2.00 bits per heavy atom. The predicted molar refractivity (Wildman–Crippen MR) is 83.4 cm³/mol. The van der Waals surface area contributed by atoms with Gasteiger partial charge in [-0.3, -0.25) is 4.90 Å². The zero-order valence-electron chi connectivity index (χ0n) is 13.5. The number of aliphatic hydroxyl groups excluding tert-OH is 1. The fourth-order valence-corrected chi connectivity index (χ4v) is 2.88. The first-order chi connectivity index (χ1) is 11.0. The van der Waals surface area contributed by atoms with Gasteiger partial charge in [-0.15, -0.1) is 0 Å². The van der Waals surface area contributed by atoms with Crippen LogP contribution < -0.4 is 14.8 Å². The monoisotopic (exact) mass is 330 g/mol. The summed E-state index contributed by atoms with van der Waals surface area (Å²) in [7, 11) is 1.48. The number of aliphatic hydroxyl groups is 1. The summed E-state index contributed by atoms with van der Waals surface area (Å²) in [5.74, 6) is -2.31. The number of hydrogen-bond acceptors (Lipinski definition) is 5. The molecule has 1 aliphatic rings. The zero-order chi connectivity index (χ0) is 16.9. The van der Waals surface area contributed by atoms with Crippen LogP contribution in [0.25, 0.3) is 0 Å². The molecule has 1 atom stereocenters. The van der Waals surface area contributed by atoms with Gasteiger partial charge in [0.2, 0.25) is 0 Å². The normalized spacial score (nSPS) is 17.8. The van der Waals surface area contributed by atoms with Crippen LogP contribution in [-0.4, -0.2) is 62.4 Å². The summed E-state index contributed by atoms with van der Waals surface area (Å²) in [5, 5.41) is 12.3. The summed E-state index contributed by atoms with van der Waals surface area (Å²) < 4.78 is 39.5. The van der Waals surface area contributed by atoms with E-state index in [9.17, 15) is 13.9 Å². The second-order valence-corrected chi connectivity index (χ2v) is 5.45. The average Bonchev–Trinajstić information content (AvgIpc) is 2.57. The number of rotatable bonds is 7. The van der Waals surface area contributed by atoms with Crippen LogP contribution in [-0.2, 0) is 0 Å². The summed E-state index contributed by atoms with van der Waals surface area (Å²) in [5.41, 5.74) is 0.409. The summed E-state index contributed by atoms with van der Waals surface area (Å²) in [6.07, 6.45) is 0. The fourth-order valence-electron chi connectivity index (χ4n) is 2.88. The van der Waals surface area contributed by atoms with Gasteiger partial charge in [0, 0.05) is 26.2 Å². The lowest BCUT2D eigenvalue weighted by Gasteiger charge is -2.38. The summed E-state index contributed by atoms with van der Waals surface area (Å²) >= 11 is 0. The quantitative estimate of drug-likeness (QED) is 0.796. The molecule has 0 saturated carbocycles. The molecule has 2 N–H and O–H groups in total. The van der Waals surface area contributed by atoms with Crippen molar-refractivity contribution in [2.24, 2.45) is 0 Å². The molecule has 0 bridgehead atoms. The Labute approximate surface area is 135 Å². The first kappa shape index (κ1) is 17.9. The second kappa shape index (κ2) is 7.90. The van der Waals surface area contributed by atoms with E-state index in [2.05, 4.69) is 5.32 Å².